The van der Waals surface area contributed by atoms with Gasteiger partial charge in [0.2, 0.25) is 0 Å². The highest BCUT2D eigenvalue weighted by Crippen LogP contribution is 2.29. The lowest BCUT2D eigenvalue weighted by molar-refractivity contribution is 0.197. The molecule has 0 fully saturated rings. The van der Waals surface area contributed by atoms with Crippen LogP contribution < -0.4 is 10.6 Å². The SMILES string of the molecule is C=CCCC(CNC)C(=C)Nc1cc(-c2cccc(CCCC(C)(C)F)c2)n(-c2ccccc2)n1. The van der Waals surface area contributed by atoms with E-state index in [1.54, 1.807) is 13.8 Å². The van der Waals surface area contributed by atoms with Crippen molar-refractivity contribution in [2.24, 2.45) is 5.92 Å². The number of allylic oxidation sites excluding steroid dienone is 1. The van der Waals surface area contributed by atoms with Crippen LogP contribution in [-0.4, -0.2) is 29.0 Å². The summed E-state index contributed by atoms with van der Waals surface area (Å²) in [7, 11) is 1.96. The minimum absolute atomic E-state index is 0.270. The first-order chi connectivity index (χ1) is 16.8. The Bertz CT molecular complexity index is 1100. The summed E-state index contributed by atoms with van der Waals surface area (Å²) < 4.78 is 15.9. The Kier molecular flexibility index (Phi) is 9.44. The lowest BCUT2D eigenvalue weighted by Gasteiger charge is -2.19. The lowest BCUT2D eigenvalue weighted by Crippen LogP contribution is -2.23. The van der Waals surface area contributed by atoms with Crippen LogP contribution in [0.3, 0.4) is 0 Å². The Morgan fingerprint density at radius 2 is 1.91 bits per heavy atom. The molecule has 0 aliphatic heterocycles. The summed E-state index contributed by atoms with van der Waals surface area (Å²) in [5.41, 5.74) is 4.07. The number of hydrogen-bond donors (Lipinski definition) is 2. The van der Waals surface area contributed by atoms with E-state index in [-0.39, 0.29) is 5.92 Å². The van der Waals surface area contributed by atoms with Gasteiger partial charge < -0.3 is 10.6 Å². The lowest BCUT2D eigenvalue weighted by atomic mass is 9.98. The van der Waals surface area contributed by atoms with Gasteiger partial charge in [0.1, 0.15) is 5.67 Å². The van der Waals surface area contributed by atoms with E-state index in [9.17, 15) is 4.39 Å². The number of nitrogens with zero attached hydrogens (tertiary/aromatic N) is 2. The van der Waals surface area contributed by atoms with E-state index in [0.29, 0.717) is 6.42 Å². The maximum Gasteiger partial charge on any atom is 0.153 e. The van der Waals surface area contributed by atoms with Gasteiger partial charge in [-0.15, -0.1) is 11.7 Å². The van der Waals surface area contributed by atoms with E-state index in [1.165, 1.54) is 5.56 Å². The highest BCUT2D eigenvalue weighted by atomic mass is 19.1. The molecule has 186 valence electrons. The van der Waals surface area contributed by atoms with Gasteiger partial charge in [-0.2, -0.15) is 0 Å². The number of para-hydroxylation sites is 1. The molecule has 1 aromatic heterocycles. The fourth-order valence-corrected chi connectivity index (χ4v) is 4.24. The third-order valence-electron chi connectivity index (χ3n) is 6.12. The zero-order chi connectivity index (χ0) is 25.3. The number of halogens is 1. The second kappa shape index (κ2) is 12.5. The van der Waals surface area contributed by atoms with E-state index in [0.717, 1.165) is 60.7 Å². The van der Waals surface area contributed by atoms with Crippen LogP contribution in [0.5, 0.6) is 0 Å². The van der Waals surface area contributed by atoms with Crippen LogP contribution in [0.2, 0.25) is 0 Å². The number of alkyl halides is 1. The molecule has 0 spiro atoms. The second-order valence-corrected chi connectivity index (χ2v) is 9.71. The van der Waals surface area contributed by atoms with Crippen LogP contribution in [0, 0.1) is 5.92 Å². The van der Waals surface area contributed by atoms with Crippen molar-refractivity contribution in [1.82, 2.24) is 15.1 Å². The monoisotopic (exact) mass is 474 g/mol. The number of aryl methyl sites for hydroxylation is 1. The predicted octanol–water partition coefficient (Wildman–Crippen LogP) is 7.34. The minimum atomic E-state index is -1.14. The summed E-state index contributed by atoms with van der Waals surface area (Å²) in [4.78, 5) is 0. The third-order valence-corrected chi connectivity index (χ3v) is 6.12. The molecule has 1 heterocycles. The van der Waals surface area contributed by atoms with Crippen molar-refractivity contribution in [1.29, 1.82) is 0 Å². The van der Waals surface area contributed by atoms with E-state index >= 15 is 0 Å². The summed E-state index contributed by atoms with van der Waals surface area (Å²) in [6.45, 7) is 12.3. The van der Waals surface area contributed by atoms with Crippen molar-refractivity contribution < 1.29 is 4.39 Å². The molecule has 1 unspecified atom stereocenters. The standard InChI is InChI=1S/C30H39FN4/c1-6-7-15-26(22-32-5)23(2)33-29-21-28(35(34-29)27-17-9-8-10-18-27)25-16-11-13-24(20-25)14-12-19-30(3,4)31/h6,8-11,13,16-18,20-21,26,32H,1-2,7,12,14-15,19,22H2,3-5H3,(H,33,34). The maximum atomic E-state index is 13.9. The molecule has 0 radical (unpaired) electrons. The van der Waals surface area contributed by atoms with Crippen LogP contribution in [0.15, 0.2) is 85.6 Å². The molecule has 3 rings (SSSR count). The number of anilines is 1. The molecule has 3 aromatic rings. The first kappa shape index (κ1) is 26.4. The zero-order valence-corrected chi connectivity index (χ0v) is 21.4. The van der Waals surface area contributed by atoms with Gasteiger partial charge in [0, 0.05) is 29.8 Å². The summed E-state index contributed by atoms with van der Waals surface area (Å²) >= 11 is 0. The van der Waals surface area contributed by atoms with Gasteiger partial charge in [-0.3, -0.25) is 0 Å². The summed E-state index contributed by atoms with van der Waals surface area (Å²) in [6, 6.07) is 20.7. The number of benzene rings is 2. The Morgan fingerprint density at radius 1 is 1.14 bits per heavy atom. The Hall–Kier alpha value is -3.18. The first-order valence-electron chi connectivity index (χ1n) is 12.5. The minimum Gasteiger partial charge on any atom is -0.343 e. The molecular formula is C30H39FN4. The molecule has 0 saturated carbocycles. The molecule has 1 atom stereocenters. The Labute approximate surface area is 210 Å². The van der Waals surface area contributed by atoms with Gasteiger partial charge in [-0.1, -0.05) is 49.1 Å². The Morgan fingerprint density at radius 3 is 2.60 bits per heavy atom. The van der Waals surface area contributed by atoms with Crippen LogP contribution in [0.25, 0.3) is 16.9 Å². The van der Waals surface area contributed by atoms with Crippen LogP contribution in [-0.2, 0) is 6.42 Å². The number of rotatable bonds is 14. The van der Waals surface area contributed by atoms with Crippen molar-refractivity contribution in [3.05, 3.63) is 91.2 Å². The predicted molar refractivity (Wildman–Crippen MR) is 147 cm³/mol. The molecule has 0 amide bonds. The highest BCUT2D eigenvalue weighted by Gasteiger charge is 2.17. The molecule has 35 heavy (non-hydrogen) atoms. The van der Waals surface area contributed by atoms with Gasteiger partial charge >= 0.3 is 0 Å². The first-order valence-corrected chi connectivity index (χ1v) is 12.5. The molecular weight excluding hydrogens is 435 g/mol. The van der Waals surface area contributed by atoms with E-state index in [2.05, 4.69) is 66.3 Å². The summed E-state index contributed by atoms with van der Waals surface area (Å²) in [5.74, 6) is 1.03. The maximum absolute atomic E-state index is 13.9. The Balaban J connectivity index is 1.89. The molecule has 2 aromatic carbocycles. The van der Waals surface area contributed by atoms with Gasteiger partial charge in [0.05, 0.1) is 11.4 Å². The van der Waals surface area contributed by atoms with E-state index in [4.69, 9.17) is 5.10 Å². The average molecular weight is 475 g/mol. The molecule has 0 aliphatic rings. The zero-order valence-electron chi connectivity index (χ0n) is 21.4. The fourth-order valence-electron chi connectivity index (χ4n) is 4.24. The van der Waals surface area contributed by atoms with Crippen molar-refractivity contribution in [3.8, 4) is 16.9 Å². The second-order valence-electron chi connectivity index (χ2n) is 9.71. The average Bonchev–Trinajstić information content (AvgIpc) is 3.25. The number of hydrogen-bond acceptors (Lipinski definition) is 3. The molecule has 2 N–H and O–H groups in total. The third kappa shape index (κ3) is 7.93. The van der Waals surface area contributed by atoms with Crippen molar-refractivity contribution in [3.63, 3.8) is 0 Å². The van der Waals surface area contributed by atoms with Crippen molar-refractivity contribution in [2.45, 2.75) is 51.6 Å². The molecule has 0 saturated heterocycles. The normalized spacial score (nSPS) is 12.3. The number of aromatic nitrogens is 2. The van der Waals surface area contributed by atoms with Crippen molar-refractivity contribution in [2.75, 3.05) is 18.9 Å². The van der Waals surface area contributed by atoms with Crippen LogP contribution in [0.1, 0.15) is 45.1 Å². The van der Waals surface area contributed by atoms with E-state index < -0.39 is 5.67 Å². The van der Waals surface area contributed by atoms with Crippen LogP contribution >= 0.6 is 0 Å². The van der Waals surface area contributed by atoms with Gasteiger partial charge in [-0.05, 0) is 76.8 Å². The van der Waals surface area contributed by atoms with Crippen molar-refractivity contribution >= 4 is 5.82 Å². The summed E-state index contributed by atoms with van der Waals surface area (Å²) in [5, 5.41) is 11.6. The summed E-state index contributed by atoms with van der Waals surface area (Å²) in [6.07, 6.45) is 6.06. The highest BCUT2D eigenvalue weighted by molar-refractivity contribution is 5.67. The van der Waals surface area contributed by atoms with Gasteiger partial charge in [0.15, 0.2) is 5.82 Å². The smallest absolute Gasteiger partial charge is 0.153 e. The van der Waals surface area contributed by atoms with Crippen LogP contribution in [0.4, 0.5) is 10.2 Å². The van der Waals surface area contributed by atoms with Gasteiger partial charge in [0.25, 0.3) is 0 Å². The fraction of sp³-hybridized carbons (Fsp3) is 0.367. The topological polar surface area (TPSA) is 41.9 Å². The molecule has 4 nitrogen and oxygen atoms in total. The number of nitrogens with one attached hydrogen (secondary N) is 2. The molecule has 5 heteroatoms. The quantitative estimate of drug-likeness (QED) is 0.240. The largest absolute Gasteiger partial charge is 0.343 e. The van der Waals surface area contributed by atoms with E-state index in [1.807, 2.05) is 36.0 Å². The molecule has 0 aliphatic carbocycles. The molecule has 0 bridgehead atoms. The van der Waals surface area contributed by atoms with Gasteiger partial charge in [-0.25, -0.2) is 9.07 Å².